The molecular formula is C7H9N7O. The van der Waals surface area contributed by atoms with Gasteiger partial charge in [-0.2, -0.15) is 4.98 Å². The molecule has 2 aromatic rings. The molecule has 2 rings (SSSR count). The zero-order valence-electron chi connectivity index (χ0n) is 8.22. The molecular weight excluding hydrogens is 198 g/mol. The van der Waals surface area contributed by atoms with Crippen LogP contribution in [-0.4, -0.2) is 36.1 Å². The molecule has 0 unspecified atom stereocenters. The van der Waals surface area contributed by atoms with E-state index in [0.29, 0.717) is 5.82 Å². The second-order valence-corrected chi connectivity index (χ2v) is 2.98. The number of carbonyl (C=O) groups excluding carboxylic acids is 1. The van der Waals surface area contributed by atoms with Crippen LogP contribution in [0.15, 0.2) is 6.20 Å². The summed E-state index contributed by atoms with van der Waals surface area (Å²) in [7, 11) is 1.68. The highest BCUT2D eigenvalue weighted by atomic mass is 16.2. The summed E-state index contributed by atoms with van der Waals surface area (Å²) < 4.78 is 1.44. The van der Waals surface area contributed by atoms with Crippen LogP contribution in [0.5, 0.6) is 0 Å². The van der Waals surface area contributed by atoms with E-state index in [1.807, 2.05) is 0 Å². The van der Waals surface area contributed by atoms with Crippen LogP contribution < -0.4 is 5.32 Å². The number of hydrogen-bond donors (Lipinski definition) is 2. The van der Waals surface area contributed by atoms with Gasteiger partial charge in [-0.3, -0.25) is 19.9 Å². The largest absolute Gasteiger partial charge is 0.288 e. The number of aromatic amines is 1. The van der Waals surface area contributed by atoms with E-state index in [2.05, 4.69) is 30.8 Å². The first-order valence-electron chi connectivity index (χ1n) is 4.22. The van der Waals surface area contributed by atoms with Crippen LogP contribution in [0.4, 0.5) is 5.95 Å². The first-order chi connectivity index (χ1) is 7.15. The Morgan fingerprint density at radius 1 is 1.60 bits per heavy atom. The normalized spacial score (nSPS) is 10.3. The van der Waals surface area contributed by atoms with Crippen LogP contribution in [-0.2, 0) is 7.05 Å². The molecule has 2 N–H and O–H groups in total. The van der Waals surface area contributed by atoms with Crippen molar-refractivity contribution in [3.05, 3.63) is 17.7 Å². The van der Waals surface area contributed by atoms with Gasteiger partial charge >= 0.3 is 0 Å². The number of aromatic nitrogens is 6. The molecule has 0 saturated carbocycles. The summed E-state index contributed by atoms with van der Waals surface area (Å²) >= 11 is 0. The van der Waals surface area contributed by atoms with Crippen molar-refractivity contribution in [3.8, 4) is 0 Å². The third kappa shape index (κ3) is 1.98. The summed E-state index contributed by atoms with van der Waals surface area (Å²) in [6, 6.07) is 0. The predicted octanol–water partition coefficient (Wildman–Crippen LogP) is -0.506. The number of carbonyl (C=O) groups is 1. The fourth-order valence-corrected chi connectivity index (χ4v) is 1.02. The fourth-order valence-electron chi connectivity index (χ4n) is 1.02. The summed E-state index contributed by atoms with van der Waals surface area (Å²) in [6.45, 7) is 1.74. The Kier molecular flexibility index (Phi) is 2.16. The molecule has 8 heteroatoms. The van der Waals surface area contributed by atoms with Gasteiger partial charge < -0.3 is 0 Å². The summed E-state index contributed by atoms with van der Waals surface area (Å²) in [5.74, 6) is 0.467. The van der Waals surface area contributed by atoms with Gasteiger partial charge in [-0.25, -0.2) is 0 Å². The molecule has 0 radical (unpaired) electrons. The molecule has 0 bridgehead atoms. The Balaban J connectivity index is 2.10. The number of anilines is 1. The first kappa shape index (κ1) is 9.31. The second-order valence-electron chi connectivity index (χ2n) is 2.98. The minimum atomic E-state index is -0.387. The predicted molar refractivity (Wildman–Crippen MR) is 50.1 cm³/mol. The van der Waals surface area contributed by atoms with Gasteiger partial charge in [0.25, 0.3) is 5.91 Å². The minimum absolute atomic E-state index is 0.222. The third-order valence-electron chi connectivity index (χ3n) is 1.66. The number of aryl methyl sites for hydroxylation is 2. The van der Waals surface area contributed by atoms with Crippen molar-refractivity contribution in [1.29, 1.82) is 0 Å². The maximum atomic E-state index is 11.5. The number of H-pyrrole nitrogens is 1. The van der Waals surface area contributed by atoms with Gasteiger partial charge in [0, 0.05) is 7.05 Å². The van der Waals surface area contributed by atoms with Crippen LogP contribution in [0.3, 0.4) is 0 Å². The number of amides is 1. The molecule has 0 atom stereocenters. The van der Waals surface area contributed by atoms with E-state index >= 15 is 0 Å². The molecule has 0 saturated heterocycles. The van der Waals surface area contributed by atoms with E-state index < -0.39 is 0 Å². The molecule has 0 aliphatic rings. The maximum Gasteiger partial charge on any atom is 0.280 e. The molecule has 0 aliphatic heterocycles. The first-order valence-corrected chi connectivity index (χ1v) is 4.22. The van der Waals surface area contributed by atoms with E-state index in [-0.39, 0.29) is 17.5 Å². The van der Waals surface area contributed by atoms with Crippen LogP contribution >= 0.6 is 0 Å². The summed E-state index contributed by atoms with van der Waals surface area (Å²) in [5.41, 5.74) is 0.222. The smallest absolute Gasteiger partial charge is 0.280 e. The van der Waals surface area contributed by atoms with Gasteiger partial charge in [-0.15, -0.1) is 10.2 Å². The van der Waals surface area contributed by atoms with Crippen molar-refractivity contribution >= 4 is 11.9 Å². The number of nitrogens with one attached hydrogen (secondary N) is 2. The monoisotopic (exact) mass is 207 g/mol. The van der Waals surface area contributed by atoms with Gasteiger partial charge in [0.2, 0.25) is 5.95 Å². The van der Waals surface area contributed by atoms with Crippen LogP contribution in [0.25, 0.3) is 0 Å². The second kappa shape index (κ2) is 3.48. The Hall–Kier alpha value is -2.25. The average molecular weight is 207 g/mol. The lowest BCUT2D eigenvalue weighted by Gasteiger charge is -1.94. The molecule has 2 heterocycles. The third-order valence-corrected chi connectivity index (χ3v) is 1.66. The van der Waals surface area contributed by atoms with Crippen molar-refractivity contribution in [3.63, 3.8) is 0 Å². The van der Waals surface area contributed by atoms with Gasteiger partial charge in [-0.1, -0.05) is 5.21 Å². The molecule has 0 spiro atoms. The van der Waals surface area contributed by atoms with Gasteiger partial charge in [-0.05, 0) is 6.92 Å². The maximum absolute atomic E-state index is 11.5. The lowest BCUT2D eigenvalue weighted by molar-refractivity contribution is 0.102. The van der Waals surface area contributed by atoms with Crippen LogP contribution in [0.1, 0.15) is 16.3 Å². The van der Waals surface area contributed by atoms with Gasteiger partial charge in [0.05, 0.1) is 6.20 Å². The van der Waals surface area contributed by atoms with Crippen LogP contribution in [0, 0.1) is 6.92 Å². The van der Waals surface area contributed by atoms with Gasteiger partial charge in [0.1, 0.15) is 5.82 Å². The molecule has 0 fully saturated rings. The van der Waals surface area contributed by atoms with Crippen molar-refractivity contribution < 1.29 is 4.79 Å². The van der Waals surface area contributed by atoms with E-state index in [1.54, 1.807) is 14.0 Å². The minimum Gasteiger partial charge on any atom is -0.288 e. The Labute approximate surface area is 84.7 Å². The highest BCUT2D eigenvalue weighted by Gasteiger charge is 2.11. The van der Waals surface area contributed by atoms with Crippen LogP contribution in [0.2, 0.25) is 0 Å². The quantitative estimate of drug-likeness (QED) is 0.690. The molecule has 2 aromatic heterocycles. The zero-order chi connectivity index (χ0) is 10.8. The molecule has 0 aromatic carbocycles. The van der Waals surface area contributed by atoms with Gasteiger partial charge in [0.15, 0.2) is 5.69 Å². The number of nitrogens with zero attached hydrogens (tertiary/aromatic N) is 5. The SMILES string of the molecule is Cc1nc(NC(=O)c2cn(C)nn2)n[nH]1. The lowest BCUT2D eigenvalue weighted by Crippen LogP contribution is -2.13. The average Bonchev–Trinajstić information content (AvgIpc) is 2.75. The van der Waals surface area contributed by atoms with E-state index in [4.69, 9.17) is 0 Å². The molecule has 0 aliphatic carbocycles. The fraction of sp³-hybridized carbons (Fsp3) is 0.286. The summed E-state index contributed by atoms with van der Waals surface area (Å²) in [5, 5.41) is 16.2. The molecule has 1 amide bonds. The molecule has 78 valence electrons. The topological polar surface area (TPSA) is 101 Å². The highest BCUT2D eigenvalue weighted by molar-refractivity contribution is 6.01. The summed E-state index contributed by atoms with van der Waals surface area (Å²) in [4.78, 5) is 15.4. The summed E-state index contributed by atoms with van der Waals surface area (Å²) in [6.07, 6.45) is 1.51. The van der Waals surface area contributed by atoms with Crippen molar-refractivity contribution in [1.82, 2.24) is 30.2 Å². The Bertz CT molecular complexity index is 485. The molecule has 8 nitrogen and oxygen atoms in total. The van der Waals surface area contributed by atoms with Crippen molar-refractivity contribution in [2.45, 2.75) is 6.92 Å². The van der Waals surface area contributed by atoms with E-state index in [1.165, 1.54) is 10.9 Å². The number of rotatable bonds is 2. The highest BCUT2D eigenvalue weighted by Crippen LogP contribution is 2.00. The van der Waals surface area contributed by atoms with Crippen molar-refractivity contribution in [2.75, 3.05) is 5.32 Å². The number of hydrogen-bond acceptors (Lipinski definition) is 5. The standard InChI is InChI=1S/C7H9N7O/c1-4-8-7(12-10-4)9-6(15)5-3-14(2)13-11-5/h3H,1-2H3,(H2,8,9,10,12,15). The van der Waals surface area contributed by atoms with Crippen molar-refractivity contribution in [2.24, 2.45) is 7.05 Å². The van der Waals surface area contributed by atoms with E-state index in [0.717, 1.165) is 0 Å². The zero-order valence-corrected chi connectivity index (χ0v) is 8.22. The Morgan fingerprint density at radius 3 is 2.93 bits per heavy atom. The lowest BCUT2D eigenvalue weighted by atomic mass is 10.4. The van der Waals surface area contributed by atoms with E-state index in [9.17, 15) is 4.79 Å². The Morgan fingerprint density at radius 2 is 2.40 bits per heavy atom. The molecule has 15 heavy (non-hydrogen) atoms.